The second-order valence-corrected chi connectivity index (χ2v) is 6.63. The summed E-state index contributed by atoms with van der Waals surface area (Å²) in [6.07, 6.45) is 6.07. The first kappa shape index (κ1) is 16.2. The third-order valence-electron chi connectivity index (χ3n) is 4.71. The highest BCUT2D eigenvalue weighted by Gasteiger charge is 2.44. The molecule has 1 unspecified atom stereocenters. The maximum atomic E-state index is 10.8. The molecule has 2 aromatic heterocycles. The van der Waals surface area contributed by atoms with Crippen molar-refractivity contribution in [2.75, 3.05) is 0 Å². The molecule has 6 nitrogen and oxygen atoms in total. The van der Waals surface area contributed by atoms with Crippen LogP contribution in [0.25, 0.3) is 17.3 Å². The summed E-state index contributed by atoms with van der Waals surface area (Å²) in [6.45, 7) is 6.09. The van der Waals surface area contributed by atoms with Gasteiger partial charge < -0.3 is 5.11 Å². The van der Waals surface area contributed by atoms with Crippen molar-refractivity contribution >= 4 is 5.88 Å². The highest BCUT2D eigenvalue weighted by Crippen LogP contribution is 2.48. The van der Waals surface area contributed by atoms with Crippen LogP contribution in [-0.2, 0) is 0 Å². The number of allylic oxidation sites excluding steroid dienone is 1. The van der Waals surface area contributed by atoms with Gasteiger partial charge in [0.05, 0.1) is 6.07 Å². The van der Waals surface area contributed by atoms with Crippen LogP contribution < -0.4 is 0 Å². The van der Waals surface area contributed by atoms with Crippen molar-refractivity contribution in [1.82, 2.24) is 19.7 Å². The zero-order valence-corrected chi connectivity index (χ0v) is 14.2. The molecule has 2 aromatic rings. The van der Waals surface area contributed by atoms with E-state index in [0.717, 1.165) is 30.4 Å². The molecule has 0 fully saturated rings. The number of aliphatic hydroxyl groups excluding tert-OH is 1. The summed E-state index contributed by atoms with van der Waals surface area (Å²) < 4.78 is 1.43. The molecule has 1 aliphatic heterocycles. The number of fused-ring (bicyclic) bond motifs is 1. The Morgan fingerprint density at radius 3 is 2.67 bits per heavy atom. The minimum Gasteiger partial charge on any atom is -0.493 e. The SMILES string of the molecule is CCCCC1=C(O)n2nc(-c3ccncc3)nc2C(C#N)C1(C)C. The van der Waals surface area contributed by atoms with Crippen molar-refractivity contribution < 1.29 is 5.11 Å². The number of pyridine rings is 1. The molecule has 0 aliphatic carbocycles. The normalized spacial score (nSPS) is 19.0. The van der Waals surface area contributed by atoms with Gasteiger partial charge in [0.15, 0.2) is 11.6 Å². The second-order valence-electron chi connectivity index (χ2n) is 6.63. The van der Waals surface area contributed by atoms with Gasteiger partial charge in [-0.05, 0) is 30.5 Å². The fraction of sp³-hybridized carbons (Fsp3) is 0.444. The Labute approximate surface area is 141 Å². The van der Waals surface area contributed by atoms with Gasteiger partial charge in [0, 0.05) is 23.4 Å². The summed E-state index contributed by atoms with van der Waals surface area (Å²) in [5, 5.41) is 25.0. The molecule has 1 aliphatic rings. The van der Waals surface area contributed by atoms with E-state index in [4.69, 9.17) is 0 Å². The van der Waals surface area contributed by atoms with Gasteiger partial charge in [0.2, 0.25) is 5.88 Å². The monoisotopic (exact) mass is 323 g/mol. The van der Waals surface area contributed by atoms with Crippen molar-refractivity contribution in [2.24, 2.45) is 5.41 Å². The lowest BCUT2D eigenvalue weighted by Crippen LogP contribution is -2.32. The Kier molecular flexibility index (Phi) is 4.10. The van der Waals surface area contributed by atoms with Gasteiger partial charge in [-0.1, -0.05) is 27.2 Å². The number of rotatable bonds is 4. The number of aliphatic hydroxyl groups is 1. The van der Waals surface area contributed by atoms with E-state index in [2.05, 4.69) is 28.1 Å². The first-order valence-electron chi connectivity index (χ1n) is 8.20. The van der Waals surface area contributed by atoms with Gasteiger partial charge in [0.1, 0.15) is 5.92 Å². The van der Waals surface area contributed by atoms with E-state index in [1.54, 1.807) is 12.4 Å². The number of nitrogens with zero attached hydrogens (tertiary/aromatic N) is 5. The average molecular weight is 323 g/mol. The molecule has 0 saturated carbocycles. The highest BCUT2D eigenvalue weighted by molar-refractivity contribution is 5.57. The molecule has 0 amide bonds. The summed E-state index contributed by atoms with van der Waals surface area (Å²) >= 11 is 0. The Bertz CT molecular complexity index is 814. The Morgan fingerprint density at radius 1 is 1.33 bits per heavy atom. The van der Waals surface area contributed by atoms with Crippen LogP contribution >= 0.6 is 0 Å². The Morgan fingerprint density at radius 2 is 2.04 bits per heavy atom. The van der Waals surface area contributed by atoms with E-state index in [9.17, 15) is 10.4 Å². The van der Waals surface area contributed by atoms with Crippen LogP contribution in [-0.4, -0.2) is 24.9 Å². The average Bonchev–Trinajstić information content (AvgIpc) is 3.00. The highest BCUT2D eigenvalue weighted by atomic mass is 16.3. The van der Waals surface area contributed by atoms with E-state index >= 15 is 0 Å². The minimum absolute atomic E-state index is 0.114. The fourth-order valence-electron chi connectivity index (χ4n) is 3.21. The van der Waals surface area contributed by atoms with Crippen LogP contribution in [0.3, 0.4) is 0 Å². The summed E-state index contributed by atoms with van der Waals surface area (Å²) in [5.41, 5.74) is 1.20. The molecule has 3 heterocycles. The molecule has 0 spiro atoms. The fourth-order valence-corrected chi connectivity index (χ4v) is 3.21. The van der Waals surface area contributed by atoms with Crippen LogP contribution in [0.4, 0.5) is 0 Å². The van der Waals surface area contributed by atoms with Crippen molar-refractivity contribution in [1.29, 1.82) is 5.26 Å². The molecule has 6 heteroatoms. The van der Waals surface area contributed by atoms with Crippen molar-refractivity contribution in [3.05, 3.63) is 35.9 Å². The predicted octanol–water partition coefficient (Wildman–Crippen LogP) is 3.90. The van der Waals surface area contributed by atoms with Gasteiger partial charge in [0.25, 0.3) is 0 Å². The lowest BCUT2D eigenvalue weighted by atomic mass is 9.70. The van der Waals surface area contributed by atoms with Crippen LogP contribution in [0.5, 0.6) is 0 Å². The number of aromatic nitrogens is 4. The molecule has 124 valence electrons. The molecular weight excluding hydrogens is 302 g/mol. The van der Waals surface area contributed by atoms with Crippen LogP contribution in [0, 0.1) is 16.7 Å². The molecule has 24 heavy (non-hydrogen) atoms. The standard InChI is InChI=1S/C18H21N5O/c1-4-5-6-13-17(24)23-16(14(11-19)18(13,2)3)21-15(22-23)12-7-9-20-10-8-12/h7-10,14,24H,4-6H2,1-3H3. The molecule has 0 bridgehead atoms. The molecule has 3 rings (SSSR count). The Balaban J connectivity index is 2.16. The van der Waals surface area contributed by atoms with Crippen LogP contribution in [0.1, 0.15) is 51.8 Å². The van der Waals surface area contributed by atoms with Gasteiger partial charge in [-0.3, -0.25) is 4.98 Å². The zero-order valence-electron chi connectivity index (χ0n) is 14.2. The molecule has 0 radical (unpaired) electrons. The minimum atomic E-state index is -0.480. The first-order chi connectivity index (χ1) is 11.5. The van der Waals surface area contributed by atoms with Gasteiger partial charge in [-0.2, -0.15) is 9.94 Å². The summed E-state index contributed by atoms with van der Waals surface area (Å²) in [4.78, 5) is 8.54. The molecular formula is C18H21N5O. The lowest BCUT2D eigenvalue weighted by molar-refractivity contribution is 0.316. The second kappa shape index (κ2) is 6.08. The van der Waals surface area contributed by atoms with E-state index < -0.39 is 11.3 Å². The molecule has 0 saturated heterocycles. The maximum Gasteiger partial charge on any atom is 0.213 e. The predicted molar refractivity (Wildman–Crippen MR) is 90.8 cm³/mol. The number of hydrogen-bond donors (Lipinski definition) is 1. The Hall–Kier alpha value is -2.68. The number of hydrogen-bond acceptors (Lipinski definition) is 5. The first-order valence-corrected chi connectivity index (χ1v) is 8.20. The number of unbranched alkanes of at least 4 members (excludes halogenated alkanes) is 1. The van der Waals surface area contributed by atoms with Gasteiger partial charge in [-0.15, -0.1) is 5.10 Å². The quantitative estimate of drug-likeness (QED) is 0.921. The van der Waals surface area contributed by atoms with Crippen LogP contribution in [0.15, 0.2) is 30.1 Å². The number of nitriles is 1. The summed E-state index contributed by atoms with van der Waals surface area (Å²) in [6, 6.07) is 5.99. The molecule has 1 N–H and O–H groups in total. The smallest absolute Gasteiger partial charge is 0.213 e. The molecule has 1 atom stereocenters. The van der Waals surface area contributed by atoms with E-state index in [0.29, 0.717) is 11.6 Å². The molecule has 0 aromatic carbocycles. The zero-order chi connectivity index (χ0) is 17.3. The van der Waals surface area contributed by atoms with Gasteiger partial charge >= 0.3 is 0 Å². The third-order valence-corrected chi connectivity index (χ3v) is 4.71. The summed E-state index contributed by atoms with van der Waals surface area (Å²) in [7, 11) is 0. The van der Waals surface area contributed by atoms with Crippen molar-refractivity contribution in [3.63, 3.8) is 0 Å². The van der Waals surface area contributed by atoms with E-state index in [1.807, 2.05) is 26.0 Å². The summed E-state index contributed by atoms with van der Waals surface area (Å²) in [5.74, 6) is 0.643. The largest absolute Gasteiger partial charge is 0.493 e. The lowest BCUT2D eigenvalue weighted by Gasteiger charge is -2.36. The van der Waals surface area contributed by atoms with E-state index in [1.165, 1.54) is 4.68 Å². The van der Waals surface area contributed by atoms with Gasteiger partial charge in [-0.25, -0.2) is 4.98 Å². The van der Waals surface area contributed by atoms with Crippen molar-refractivity contribution in [2.45, 2.75) is 46.0 Å². The van der Waals surface area contributed by atoms with E-state index in [-0.39, 0.29) is 5.88 Å². The van der Waals surface area contributed by atoms with Crippen LogP contribution in [0.2, 0.25) is 0 Å². The topological polar surface area (TPSA) is 87.6 Å². The maximum absolute atomic E-state index is 10.8. The van der Waals surface area contributed by atoms with Crippen molar-refractivity contribution in [3.8, 4) is 17.5 Å². The third kappa shape index (κ3) is 2.46.